The van der Waals surface area contributed by atoms with E-state index in [1.165, 1.54) is 4.90 Å². The molecule has 22 heavy (non-hydrogen) atoms. The number of hydrogen-bond acceptors (Lipinski definition) is 3. The summed E-state index contributed by atoms with van der Waals surface area (Å²) in [5.41, 5.74) is 6.87. The van der Waals surface area contributed by atoms with E-state index in [2.05, 4.69) is 4.98 Å². The van der Waals surface area contributed by atoms with Crippen LogP contribution in [0.2, 0.25) is 0 Å². The first-order valence-corrected chi connectivity index (χ1v) is 6.80. The molecule has 2 rings (SSSR count). The van der Waals surface area contributed by atoms with Gasteiger partial charge in [0.25, 0.3) is 11.5 Å². The highest BCUT2D eigenvalue weighted by molar-refractivity contribution is 5.94. The van der Waals surface area contributed by atoms with Crippen molar-refractivity contribution in [3.8, 4) is 11.3 Å². The molecule has 1 heterocycles. The van der Waals surface area contributed by atoms with Gasteiger partial charge in [-0.1, -0.05) is 30.3 Å². The third-order valence-corrected chi connectivity index (χ3v) is 3.55. The number of nitrogens with zero attached hydrogens (tertiary/aromatic N) is 1. The molecule has 0 aliphatic carbocycles. The largest absolute Gasteiger partial charge is 0.338 e. The van der Waals surface area contributed by atoms with E-state index in [0.717, 1.165) is 5.56 Å². The van der Waals surface area contributed by atoms with Gasteiger partial charge in [-0.2, -0.15) is 0 Å². The molecule has 6 heteroatoms. The molecule has 1 aromatic carbocycles. The van der Waals surface area contributed by atoms with Crippen LogP contribution in [0.5, 0.6) is 0 Å². The van der Waals surface area contributed by atoms with Crippen molar-refractivity contribution < 1.29 is 4.79 Å². The van der Waals surface area contributed by atoms with Gasteiger partial charge >= 0.3 is 0 Å². The van der Waals surface area contributed by atoms with Gasteiger partial charge in [0.2, 0.25) is 0 Å². The summed E-state index contributed by atoms with van der Waals surface area (Å²) in [6, 6.07) is 12.7. The van der Waals surface area contributed by atoms with E-state index in [4.69, 9.17) is 5.73 Å². The molecule has 1 unspecified atom stereocenters. The maximum atomic E-state index is 12.3. The minimum absolute atomic E-state index is 0. The summed E-state index contributed by atoms with van der Waals surface area (Å²) in [6.45, 7) is 2.19. The molecule has 118 valence electrons. The number of nitrogens with two attached hydrogens (primary N) is 1. The molecule has 0 saturated carbocycles. The van der Waals surface area contributed by atoms with Crippen molar-refractivity contribution in [2.75, 3.05) is 13.6 Å². The first kappa shape index (κ1) is 17.9. The Morgan fingerprint density at radius 2 is 1.86 bits per heavy atom. The number of aromatic amines is 1. The minimum Gasteiger partial charge on any atom is -0.338 e. The van der Waals surface area contributed by atoms with Gasteiger partial charge in [-0.05, 0) is 24.6 Å². The molecule has 1 atom stereocenters. The summed E-state index contributed by atoms with van der Waals surface area (Å²) in [5.74, 6) is -0.325. The number of likely N-dealkylation sites (N-methyl/N-ethyl adjacent to an activating group) is 1. The second kappa shape index (κ2) is 7.77. The number of benzene rings is 1. The van der Waals surface area contributed by atoms with Crippen molar-refractivity contribution >= 4 is 18.3 Å². The quantitative estimate of drug-likeness (QED) is 0.902. The van der Waals surface area contributed by atoms with Crippen molar-refractivity contribution in [3.05, 3.63) is 58.4 Å². The second-order valence-corrected chi connectivity index (χ2v) is 4.98. The fourth-order valence-corrected chi connectivity index (χ4v) is 1.98. The van der Waals surface area contributed by atoms with Gasteiger partial charge in [0, 0.05) is 25.3 Å². The van der Waals surface area contributed by atoms with E-state index in [1.807, 2.05) is 37.3 Å². The Labute approximate surface area is 135 Å². The Bertz CT molecular complexity index is 685. The topological polar surface area (TPSA) is 79.2 Å². The summed E-state index contributed by atoms with van der Waals surface area (Å²) >= 11 is 0. The Morgan fingerprint density at radius 1 is 1.23 bits per heavy atom. The summed E-state index contributed by atoms with van der Waals surface area (Å²) in [4.78, 5) is 28.6. The normalized spacial score (nSPS) is 11.4. The number of pyridine rings is 1. The second-order valence-electron chi connectivity index (χ2n) is 4.98. The lowest BCUT2D eigenvalue weighted by molar-refractivity contribution is 0.0746. The van der Waals surface area contributed by atoms with Gasteiger partial charge in [0.1, 0.15) is 5.56 Å². The summed E-state index contributed by atoms with van der Waals surface area (Å²) in [7, 11) is 1.64. The molecule has 5 nitrogen and oxygen atoms in total. The van der Waals surface area contributed by atoms with Crippen LogP contribution >= 0.6 is 12.4 Å². The molecule has 0 saturated heterocycles. The standard InChI is InChI=1S/C16H19N3O2.ClH/c1-11(10-17)19(2)16(21)13-8-9-14(18-15(13)20)12-6-4-3-5-7-12;/h3-9,11H,10,17H2,1-2H3,(H,18,20);1H. The van der Waals surface area contributed by atoms with Gasteiger partial charge in [0.05, 0.1) is 0 Å². The van der Waals surface area contributed by atoms with Crippen LogP contribution < -0.4 is 11.3 Å². The van der Waals surface area contributed by atoms with Gasteiger partial charge in [-0.25, -0.2) is 0 Å². The summed E-state index contributed by atoms with van der Waals surface area (Å²) < 4.78 is 0. The maximum Gasteiger partial charge on any atom is 0.261 e. The molecule has 0 radical (unpaired) electrons. The molecular formula is C16H20ClN3O2. The Morgan fingerprint density at radius 3 is 2.41 bits per heavy atom. The van der Waals surface area contributed by atoms with E-state index in [9.17, 15) is 9.59 Å². The lowest BCUT2D eigenvalue weighted by atomic mass is 10.1. The van der Waals surface area contributed by atoms with Crippen LogP contribution in [-0.2, 0) is 0 Å². The van der Waals surface area contributed by atoms with E-state index in [-0.39, 0.29) is 29.9 Å². The number of halogens is 1. The number of carbonyl (C=O) groups is 1. The van der Waals surface area contributed by atoms with Crippen molar-refractivity contribution in [2.45, 2.75) is 13.0 Å². The van der Waals surface area contributed by atoms with Crippen LogP contribution in [0.3, 0.4) is 0 Å². The summed E-state index contributed by atoms with van der Waals surface area (Å²) in [6.07, 6.45) is 0. The number of nitrogens with one attached hydrogen (secondary N) is 1. The third-order valence-electron chi connectivity index (χ3n) is 3.55. The van der Waals surface area contributed by atoms with Gasteiger partial charge in [-0.3, -0.25) is 9.59 Å². The average Bonchev–Trinajstić information content (AvgIpc) is 2.53. The minimum atomic E-state index is -0.391. The van der Waals surface area contributed by atoms with Crippen LogP contribution in [0.15, 0.2) is 47.3 Å². The van der Waals surface area contributed by atoms with Crippen molar-refractivity contribution in [1.82, 2.24) is 9.88 Å². The van der Waals surface area contributed by atoms with E-state index < -0.39 is 5.56 Å². The molecule has 1 amide bonds. The smallest absolute Gasteiger partial charge is 0.261 e. The number of aromatic nitrogens is 1. The zero-order valence-electron chi connectivity index (χ0n) is 12.6. The highest BCUT2D eigenvalue weighted by Crippen LogP contribution is 2.15. The van der Waals surface area contributed by atoms with E-state index in [0.29, 0.717) is 12.2 Å². The van der Waals surface area contributed by atoms with E-state index >= 15 is 0 Å². The molecule has 2 aromatic rings. The number of hydrogen-bond donors (Lipinski definition) is 2. The number of rotatable bonds is 4. The maximum absolute atomic E-state index is 12.3. The molecular weight excluding hydrogens is 302 g/mol. The molecule has 0 aliphatic rings. The molecule has 0 bridgehead atoms. The zero-order valence-corrected chi connectivity index (χ0v) is 13.4. The first-order valence-electron chi connectivity index (χ1n) is 6.80. The van der Waals surface area contributed by atoms with E-state index in [1.54, 1.807) is 19.2 Å². The Balaban J connectivity index is 0.00000242. The molecule has 0 spiro atoms. The van der Waals surface area contributed by atoms with Crippen molar-refractivity contribution in [3.63, 3.8) is 0 Å². The lowest BCUT2D eigenvalue weighted by Gasteiger charge is -2.23. The highest BCUT2D eigenvalue weighted by Gasteiger charge is 2.19. The Kier molecular flexibility index (Phi) is 6.34. The SMILES string of the molecule is CC(CN)N(C)C(=O)c1ccc(-c2ccccc2)[nH]c1=O.Cl. The van der Waals surface area contributed by atoms with Gasteiger partial charge in [0.15, 0.2) is 0 Å². The van der Waals surface area contributed by atoms with Crippen LogP contribution in [0.1, 0.15) is 17.3 Å². The number of amides is 1. The van der Waals surface area contributed by atoms with Crippen LogP contribution in [0, 0.1) is 0 Å². The van der Waals surface area contributed by atoms with Crippen LogP contribution in [-0.4, -0.2) is 35.4 Å². The summed E-state index contributed by atoms with van der Waals surface area (Å²) in [5, 5.41) is 0. The predicted octanol–water partition coefficient (Wildman–Crippen LogP) is 1.88. The van der Waals surface area contributed by atoms with Gasteiger partial charge < -0.3 is 15.6 Å². The molecule has 0 aliphatic heterocycles. The highest BCUT2D eigenvalue weighted by atomic mass is 35.5. The number of H-pyrrole nitrogens is 1. The van der Waals surface area contributed by atoms with Crippen LogP contribution in [0.25, 0.3) is 11.3 Å². The monoisotopic (exact) mass is 321 g/mol. The average molecular weight is 322 g/mol. The fraction of sp³-hybridized carbons (Fsp3) is 0.250. The van der Waals surface area contributed by atoms with Gasteiger partial charge in [-0.15, -0.1) is 12.4 Å². The Hall–Kier alpha value is -2.11. The first-order chi connectivity index (χ1) is 10.0. The molecule has 1 aromatic heterocycles. The number of carbonyl (C=O) groups excluding carboxylic acids is 1. The zero-order chi connectivity index (χ0) is 15.4. The lowest BCUT2D eigenvalue weighted by Crippen LogP contribution is -2.41. The fourth-order valence-electron chi connectivity index (χ4n) is 1.98. The molecule has 3 N–H and O–H groups in total. The predicted molar refractivity (Wildman–Crippen MR) is 90.4 cm³/mol. The molecule has 0 fully saturated rings. The van der Waals surface area contributed by atoms with Crippen LogP contribution in [0.4, 0.5) is 0 Å². The van der Waals surface area contributed by atoms with Crippen molar-refractivity contribution in [2.24, 2.45) is 5.73 Å². The third kappa shape index (κ3) is 3.75. The van der Waals surface area contributed by atoms with Crippen molar-refractivity contribution in [1.29, 1.82) is 0 Å².